The number of hydrogen-bond donors (Lipinski definition) is 4. The van der Waals surface area contributed by atoms with E-state index in [1.807, 2.05) is 48.5 Å². The van der Waals surface area contributed by atoms with E-state index in [4.69, 9.17) is 31.8 Å². The minimum Gasteiger partial charge on any atom is -0.494 e. The van der Waals surface area contributed by atoms with E-state index in [-0.39, 0.29) is 24.1 Å². The van der Waals surface area contributed by atoms with Crippen LogP contribution >= 0.6 is 12.4 Å². The highest BCUT2D eigenvalue weighted by atomic mass is 35.5. The fourth-order valence-electron chi connectivity index (χ4n) is 3.78. The molecule has 0 unspecified atom stereocenters. The van der Waals surface area contributed by atoms with Crippen LogP contribution in [-0.2, 0) is 0 Å². The van der Waals surface area contributed by atoms with Gasteiger partial charge in [-0.3, -0.25) is 10.8 Å². The SMILES string of the molecule is Cl.N=C(N)c1ccc(OCCCN2CCC(CCOc3ccc(C(=N)N)cc3)CC2)cc1. The second kappa shape index (κ2) is 12.9. The molecule has 1 heterocycles. The number of nitrogen functional groups attached to an aromatic ring is 2. The average molecular weight is 460 g/mol. The fourth-order valence-corrected chi connectivity index (χ4v) is 3.78. The zero-order chi connectivity index (χ0) is 22.1. The Morgan fingerprint density at radius 2 is 1.28 bits per heavy atom. The van der Waals surface area contributed by atoms with Gasteiger partial charge in [0.2, 0.25) is 0 Å². The summed E-state index contributed by atoms with van der Waals surface area (Å²) in [6.07, 6.45) is 4.49. The van der Waals surface area contributed by atoms with Crippen LogP contribution < -0.4 is 20.9 Å². The third kappa shape index (κ3) is 8.05. The van der Waals surface area contributed by atoms with Gasteiger partial charge in [-0.05, 0) is 93.2 Å². The number of halogens is 1. The second-order valence-electron chi connectivity index (χ2n) is 8.00. The van der Waals surface area contributed by atoms with Crippen LogP contribution in [0.25, 0.3) is 0 Å². The Labute approximate surface area is 196 Å². The Bertz CT molecular complexity index is 850. The summed E-state index contributed by atoms with van der Waals surface area (Å²) in [7, 11) is 0. The van der Waals surface area contributed by atoms with E-state index in [1.165, 1.54) is 12.8 Å². The maximum absolute atomic E-state index is 7.42. The number of likely N-dealkylation sites (tertiary alicyclic amines) is 1. The van der Waals surface area contributed by atoms with Crippen molar-refractivity contribution in [3.8, 4) is 11.5 Å². The van der Waals surface area contributed by atoms with Crippen LogP contribution in [0.4, 0.5) is 0 Å². The molecule has 0 spiro atoms. The minimum absolute atomic E-state index is 0. The van der Waals surface area contributed by atoms with Gasteiger partial charge in [-0.15, -0.1) is 12.4 Å². The summed E-state index contributed by atoms with van der Waals surface area (Å²) in [4.78, 5) is 2.51. The maximum atomic E-state index is 7.42. The number of benzene rings is 2. The molecule has 32 heavy (non-hydrogen) atoms. The molecule has 1 aliphatic rings. The summed E-state index contributed by atoms with van der Waals surface area (Å²) in [6, 6.07) is 14.7. The van der Waals surface area contributed by atoms with Gasteiger partial charge >= 0.3 is 0 Å². The molecule has 174 valence electrons. The number of rotatable bonds is 11. The molecule has 1 saturated heterocycles. The molecular formula is C24H34ClN5O2. The summed E-state index contributed by atoms with van der Waals surface area (Å²) >= 11 is 0. The van der Waals surface area contributed by atoms with Crippen molar-refractivity contribution in [3.63, 3.8) is 0 Å². The van der Waals surface area contributed by atoms with Crippen molar-refractivity contribution in [1.29, 1.82) is 10.8 Å². The lowest BCUT2D eigenvalue weighted by atomic mass is 9.94. The zero-order valence-electron chi connectivity index (χ0n) is 18.4. The summed E-state index contributed by atoms with van der Waals surface area (Å²) in [5.41, 5.74) is 12.4. The van der Waals surface area contributed by atoms with Gasteiger partial charge in [0.05, 0.1) is 13.2 Å². The smallest absolute Gasteiger partial charge is 0.122 e. The number of piperidine rings is 1. The molecule has 0 aromatic heterocycles. The summed E-state index contributed by atoms with van der Waals surface area (Å²) in [5.74, 6) is 2.51. The van der Waals surface area contributed by atoms with Crippen LogP contribution in [0.2, 0.25) is 0 Å². The predicted octanol–water partition coefficient (Wildman–Crippen LogP) is 3.63. The van der Waals surface area contributed by atoms with Crippen LogP contribution in [0.15, 0.2) is 48.5 Å². The molecule has 1 aliphatic heterocycles. The van der Waals surface area contributed by atoms with Gasteiger partial charge in [0.25, 0.3) is 0 Å². The summed E-state index contributed by atoms with van der Waals surface area (Å²) in [6.45, 7) is 4.73. The van der Waals surface area contributed by atoms with Gasteiger partial charge in [0.1, 0.15) is 23.2 Å². The van der Waals surface area contributed by atoms with E-state index in [9.17, 15) is 0 Å². The molecule has 8 heteroatoms. The second-order valence-corrected chi connectivity index (χ2v) is 8.00. The van der Waals surface area contributed by atoms with Crippen molar-refractivity contribution in [2.75, 3.05) is 32.8 Å². The highest BCUT2D eigenvalue weighted by Gasteiger charge is 2.18. The molecule has 0 bridgehead atoms. The van der Waals surface area contributed by atoms with E-state index in [0.29, 0.717) is 18.1 Å². The van der Waals surface area contributed by atoms with Crippen molar-refractivity contribution in [3.05, 3.63) is 59.7 Å². The molecule has 7 nitrogen and oxygen atoms in total. The van der Waals surface area contributed by atoms with Crippen molar-refractivity contribution in [1.82, 2.24) is 4.90 Å². The fraction of sp³-hybridized carbons (Fsp3) is 0.417. The molecule has 3 rings (SSSR count). The first-order chi connectivity index (χ1) is 15.0. The average Bonchev–Trinajstić information content (AvgIpc) is 2.78. The monoisotopic (exact) mass is 459 g/mol. The third-order valence-corrected chi connectivity index (χ3v) is 5.72. The highest BCUT2D eigenvalue weighted by Crippen LogP contribution is 2.21. The molecule has 2 aromatic rings. The number of amidine groups is 2. The van der Waals surface area contributed by atoms with E-state index >= 15 is 0 Å². The lowest BCUT2D eigenvalue weighted by molar-refractivity contribution is 0.154. The van der Waals surface area contributed by atoms with Crippen molar-refractivity contribution in [2.45, 2.75) is 25.7 Å². The topological polar surface area (TPSA) is 121 Å². The highest BCUT2D eigenvalue weighted by molar-refractivity contribution is 5.95. The van der Waals surface area contributed by atoms with Gasteiger partial charge in [0, 0.05) is 17.7 Å². The van der Waals surface area contributed by atoms with E-state index < -0.39 is 0 Å². The molecule has 0 saturated carbocycles. The lowest BCUT2D eigenvalue weighted by Crippen LogP contribution is -2.35. The Kier molecular flexibility index (Phi) is 10.3. The summed E-state index contributed by atoms with van der Waals surface area (Å²) < 4.78 is 11.6. The zero-order valence-corrected chi connectivity index (χ0v) is 19.2. The number of ether oxygens (including phenoxy) is 2. The maximum Gasteiger partial charge on any atom is 0.122 e. The van der Waals surface area contributed by atoms with Gasteiger partial charge in [-0.1, -0.05) is 0 Å². The molecule has 0 radical (unpaired) electrons. The molecule has 2 aromatic carbocycles. The summed E-state index contributed by atoms with van der Waals surface area (Å²) in [5, 5.41) is 14.8. The molecule has 6 N–H and O–H groups in total. The molecule has 1 fully saturated rings. The molecule has 0 atom stereocenters. The minimum atomic E-state index is 0. The number of nitrogens with two attached hydrogens (primary N) is 2. The van der Waals surface area contributed by atoms with Crippen LogP contribution in [0, 0.1) is 16.7 Å². The first kappa shape index (κ1) is 25.5. The lowest BCUT2D eigenvalue weighted by Gasteiger charge is -2.31. The van der Waals surface area contributed by atoms with Crippen LogP contribution in [0.5, 0.6) is 11.5 Å². The van der Waals surface area contributed by atoms with Crippen LogP contribution in [0.1, 0.15) is 36.8 Å². The first-order valence-corrected chi connectivity index (χ1v) is 10.9. The number of nitrogens with zero attached hydrogens (tertiary/aromatic N) is 1. The molecule has 0 amide bonds. The number of hydrogen-bond acceptors (Lipinski definition) is 5. The molecule has 0 aliphatic carbocycles. The normalized spacial score (nSPS) is 14.4. The molecular weight excluding hydrogens is 426 g/mol. The number of nitrogens with one attached hydrogen (secondary N) is 2. The first-order valence-electron chi connectivity index (χ1n) is 10.9. The van der Waals surface area contributed by atoms with Crippen molar-refractivity contribution >= 4 is 24.1 Å². The van der Waals surface area contributed by atoms with Gasteiger partial charge in [0.15, 0.2) is 0 Å². The van der Waals surface area contributed by atoms with Crippen molar-refractivity contribution in [2.24, 2.45) is 17.4 Å². The predicted molar refractivity (Wildman–Crippen MR) is 132 cm³/mol. The van der Waals surface area contributed by atoms with Crippen LogP contribution in [-0.4, -0.2) is 49.4 Å². The standard InChI is InChI=1S/C24H33N5O2.ClH/c25-23(26)19-2-6-21(7-3-19)30-16-1-13-29-14-10-18(11-15-29)12-17-31-22-8-4-20(5-9-22)24(27)28;/h2-9,18H,1,10-17H2,(H3,25,26)(H3,27,28);1H. The largest absolute Gasteiger partial charge is 0.494 e. The van der Waals surface area contributed by atoms with E-state index in [2.05, 4.69) is 4.90 Å². The Balaban J connectivity index is 0.00000363. The Morgan fingerprint density at radius 3 is 1.75 bits per heavy atom. The quantitative estimate of drug-likeness (QED) is 0.232. The Hall–Kier alpha value is -2.77. The van der Waals surface area contributed by atoms with E-state index in [1.54, 1.807) is 0 Å². The van der Waals surface area contributed by atoms with E-state index in [0.717, 1.165) is 56.1 Å². The van der Waals surface area contributed by atoms with Crippen LogP contribution in [0.3, 0.4) is 0 Å². The van der Waals surface area contributed by atoms with Crippen molar-refractivity contribution < 1.29 is 9.47 Å². The van der Waals surface area contributed by atoms with Gasteiger partial charge in [-0.2, -0.15) is 0 Å². The van der Waals surface area contributed by atoms with Gasteiger partial charge in [-0.25, -0.2) is 0 Å². The third-order valence-electron chi connectivity index (χ3n) is 5.72. The van der Waals surface area contributed by atoms with Gasteiger partial charge < -0.3 is 25.8 Å². The Morgan fingerprint density at radius 1 is 0.812 bits per heavy atom.